The average Bonchev–Trinajstić information content (AvgIpc) is 3.07. The van der Waals surface area contributed by atoms with Crippen molar-refractivity contribution in [3.8, 4) is 0 Å². The van der Waals surface area contributed by atoms with Crippen LogP contribution in [0.1, 0.15) is 13.3 Å². The third kappa shape index (κ3) is 4.24. The Morgan fingerprint density at radius 1 is 1.59 bits per heavy atom. The van der Waals surface area contributed by atoms with Gasteiger partial charge in [0, 0.05) is 11.9 Å². The van der Waals surface area contributed by atoms with Gasteiger partial charge in [-0.2, -0.15) is 0 Å². The van der Waals surface area contributed by atoms with Gasteiger partial charge in [0.2, 0.25) is 0 Å². The van der Waals surface area contributed by atoms with Crippen LogP contribution in [0, 0.1) is 11.8 Å². The molecule has 1 aliphatic carbocycles. The number of hydrogen-bond donors (Lipinski definition) is 0. The third-order valence-electron chi connectivity index (χ3n) is 2.61. The largest absolute Gasteiger partial charge is 0.465 e. The second-order valence-corrected chi connectivity index (χ2v) is 6.50. The van der Waals surface area contributed by atoms with Gasteiger partial charge < -0.3 is 4.74 Å². The summed E-state index contributed by atoms with van der Waals surface area (Å²) in [6.45, 7) is 2.57. The van der Waals surface area contributed by atoms with Crippen molar-refractivity contribution in [2.24, 2.45) is 11.8 Å². The van der Waals surface area contributed by atoms with E-state index in [0.29, 0.717) is 12.5 Å². The van der Waals surface area contributed by atoms with Gasteiger partial charge in [-0.25, -0.2) is 4.98 Å². The van der Waals surface area contributed by atoms with E-state index in [9.17, 15) is 4.79 Å². The van der Waals surface area contributed by atoms with Crippen molar-refractivity contribution in [3.05, 3.63) is 24.4 Å². The molecule has 1 aromatic heterocycles. The molecule has 0 aliphatic heterocycles. The van der Waals surface area contributed by atoms with E-state index in [1.165, 1.54) is 0 Å². The molecule has 3 nitrogen and oxygen atoms in total. The summed E-state index contributed by atoms with van der Waals surface area (Å²) in [6, 6.07) is 5.83. The Balaban J connectivity index is 1.53. The first-order valence-corrected chi connectivity index (χ1v) is 7.96. The molecule has 1 fully saturated rings. The number of carbonyl (C=O) groups excluding carboxylic acids is 1. The van der Waals surface area contributed by atoms with Crippen molar-refractivity contribution < 1.29 is 9.53 Å². The number of ether oxygens (including phenoxy) is 1. The molecule has 17 heavy (non-hydrogen) atoms. The number of pyridine rings is 1. The summed E-state index contributed by atoms with van der Waals surface area (Å²) in [6.07, 6.45) is 2.77. The molecular formula is C12H15NO2S2. The zero-order chi connectivity index (χ0) is 12.1. The predicted molar refractivity (Wildman–Crippen MR) is 70.8 cm³/mol. The summed E-state index contributed by atoms with van der Waals surface area (Å²) in [5, 5.41) is 0.986. The van der Waals surface area contributed by atoms with Gasteiger partial charge in [-0.1, -0.05) is 23.8 Å². The number of hydrogen-bond acceptors (Lipinski definition) is 5. The summed E-state index contributed by atoms with van der Waals surface area (Å²) < 4.78 is 5.18. The van der Waals surface area contributed by atoms with Gasteiger partial charge in [0.1, 0.15) is 11.6 Å². The summed E-state index contributed by atoms with van der Waals surface area (Å²) in [5.74, 6) is 1.47. The van der Waals surface area contributed by atoms with E-state index in [2.05, 4.69) is 11.9 Å². The highest BCUT2D eigenvalue weighted by atomic mass is 33.1. The molecule has 92 valence electrons. The monoisotopic (exact) mass is 269 g/mol. The number of esters is 1. The number of carbonyl (C=O) groups is 1. The fourth-order valence-corrected chi connectivity index (χ4v) is 3.14. The molecule has 0 spiro atoms. The minimum absolute atomic E-state index is 0.0269. The molecule has 0 bridgehead atoms. The quantitative estimate of drug-likeness (QED) is 0.451. The number of nitrogens with zero attached hydrogens (tertiary/aromatic N) is 1. The summed E-state index contributed by atoms with van der Waals surface area (Å²) in [7, 11) is 3.27. The number of aromatic nitrogens is 1. The van der Waals surface area contributed by atoms with E-state index in [1.54, 1.807) is 27.8 Å². The van der Waals surface area contributed by atoms with Crippen LogP contribution in [0.4, 0.5) is 0 Å². The topological polar surface area (TPSA) is 39.2 Å². The van der Waals surface area contributed by atoms with Crippen molar-refractivity contribution in [2.75, 3.05) is 12.4 Å². The van der Waals surface area contributed by atoms with Crippen LogP contribution in [0.2, 0.25) is 0 Å². The minimum atomic E-state index is -0.0269. The van der Waals surface area contributed by atoms with E-state index >= 15 is 0 Å². The van der Waals surface area contributed by atoms with Gasteiger partial charge in [-0.05, 0) is 35.3 Å². The molecule has 1 heterocycles. The van der Waals surface area contributed by atoms with Gasteiger partial charge in [-0.15, -0.1) is 0 Å². The first-order valence-electron chi connectivity index (χ1n) is 5.64. The molecule has 0 radical (unpaired) electrons. The normalized spacial score (nSPS) is 22.2. The molecule has 5 heteroatoms. The van der Waals surface area contributed by atoms with Crippen molar-refractivity contribution in [3.63, 3.8) is 0 Å². The van der Waals surface area contributed by atoms with E-state index in [-0.39, 0.29) is 11.9 Å². The minimum Gasteiger partial charge on any atom is -0.465 e. The lowest BCUT2D eigenvalue weighted by Gasteiger charge is -2.03. The Bertz CT molecular complexity index is 372. The molecule has 2 rings (SSSR count). The van der Waals surface area contributed by atoms with Gasteiger partial charge in [0.25, 0.3) is 0 Å². The predicted octanol–water partition coefficient (Wildman–Crippen LogP) is 3.02. The Morgan fingerprint density at radius 3 is 3.06 bits per heavy atom. The van der Waals surface area contributed by atoms with Crippen molar-refractivity contribution in [1.82, 2.24) is 4.98 Å². The maximum atomic E-state index is 11.4. The molecular weight excluding hydrogens is 254 g/mol. The molecule has 0 amide bonds. The van der Waals surface area contributed by atoms with Crippen LogP contribution in [0.25, 0.3) is 0 Å². The first kappa shape index (κ1) is 12.8. The summed E-state index contributed by atoms with van der Waals surface area (Å²) >= 11 is 0. The van der Waals surface area contributed by atoms with Crippen LogP contribution < -0.4 is 0 Å². The molecule has 1 aromatic rings. The first-order chi connectivity index (χ1) is 8.27. The second-order valence-electron chi connectivity index (χ2n) is 4.06. The van der Waals surface area contributed by atoms with E-state index in [4.69, 9.17) is 4.74 Å². The molecule has 0 aromatic carbocycles. The average molecular weight is 269 g/mol. The van der Waals surface area contributed by atoms with E-state index in [0.717, 1.165) is 17.2 Å². The van der Waals surface area contributed by atoms with Gasteiger partial charge in [0.15, 0.2) is 0 Å². The third-order valence-corrected chi connectivity index (χ3v) is 4.83. The Hall–Kier alpha value is -0.680. The smallest absolute Gasteiger partial charge is 0.309 e. The lowest BCUT2D eigenvalue weighted by Crippen LogP contribution is -2.09. The van der Waals surface area contributed by atoms with Gasteiger partial charge in [0.05, 0.1) is 5.92 Å². The molecule has 1 saturated carbocycles. The van der Waals surface area contributed by atoms with Crippen molar-refractivity contribution in [1.29, 1.82) is 0 Å². The molecule has 0 N–H and O–H groups in total. The highest BCUT2D eigenvalue weighted by molar-refractivity contribution is 8.76. The number of rotatable bonds is 6. The second kappa shape index (κ2) is 6.31. The van der Waals surface area contributed by atoms with Crippen molar-refractivity contribution >= 4 is 27.6 Å². The summed E-state index contributed by atoms with van der Waals surface area (Å²) in [4.78, 5) is 15.6. The van der Waals surface area contributed by atoms with Crippen LogP contribution >= 0.6 is 21.6 Å². The SMILES string of the molecule is CC1CC1C(=O)OCCSSc1ccccn1. The lowest BCUT2D eigenvalue weighted by atomic mass is 10.3. The fourth-order valence-electron chi connectivity index (χ4n) is 1.43. The standard InChI is InChI=1S/C12H15NO2S2/c1-9-8-10(9)12(14)15-6-7-16-17-11-4-2-3-5-13-11/h2-5,9-10H,6-8H2,1H3. The maximum absolute atomic E-state index is 11.4. The van der Waals surface area contributed by atoms with Crippen LogP contribution in [0.5, 0.6) is 0 Å². The van der Waals surface area contributed by atoms with Crippen LogP contribution in [-0.2, 0) is 9.53 Å². The fraction of sp³-hybridized carbons (Fsp3) is 0.500. The van der Waals surface area contributed by atoms with Gasteiger partial charge in [-0.3, -0.25) is 4.79 Å². The molecule has 1 aliphatic rings. The van der Waals surface area contributed by atoms with Crippen LogP contribution in [0.3, 0.4) is 0 Å². The summed E-state index contributed by atoms with van der Waals surface area (Å²) in [5.41, 5.74) is 0. The van der Waals surface area contributed by atoms with Crippen LogP contribution in [0.15, 0.2) is 29.4 Å². The lowest BCUT2D eigenvalue weighted by molar-refractivity contribution is -0.144. The Morgan fingerprint density at radius 2 is 2.41 bits per heavy atom. The van der Waals surface area contributed by atoms with E-state index < -0.39 is 0 Å². The zero-order valence-corrected chi connectivity index (χ0v) is 11.3. The maximum Gasteiger partial charge on any atom is 0.309 e. The molecule has 0 saturated heterocycles. The van der Waals surface area contributed by atoms with Crippen LogP contribution in [-0.4, -0.2) is 23.3 Å². The highest BCUT2D eigenvalue weighted by Crippen LogP contribution is 2.38. The van der Waals surface area contributed by atoms with Crippen molar-refractivity contribution in [2.45, 2.75) is 18.4 Å². The van der Waals surface area contributed by atoms with E-state index in [1.807, 2.05) is 18.2 Å². The highest BCUT2D eigenvalue weighted by Gasteiger charge is 2.40. The van der Waals surface area contributed by atoms with Gasteiger partial charge >= 0.3 is 5.97 Å². The Kier molecular flexibility index (Phi) is 4.74. The Labute approximate surface area is 109 Å². The molecule has 2 atom stereocenters. The molecule has 2 unspecified atom stereocenters. The zero-order valence-electron chi connectivity index (χ0n) is 9.67.